The van der Waals surface area contributed by atoms with Crippen molar-refractivity contribution in [2.24, 2.45) is 0 Å². The van der Waals surface area contributed by atoms with Crippen molar-refractivity contribution in [3.8, 4) is 5.75 Å². The van der Waals surface area contributed by atoms with Gasteiger partial charge in [0.15, 0.2) is 0 Å². The van der Waals surface area contributed by atoms with E-state index in [-0.39, 0.29) is 11.3 Å². The maximum absolute atomic E-state index is 12.9. The van der Waals surface area contributed by atoms with E-state index in [9.17, 15) is 14.7 Å². The molecule has 0 unspecified atom stereocenters. The van der Waals surface area contributed by atoms with Gasteiger partial charge in [-0.15, -0.1) is 0 Å². The van der Waals surface area contributed by atoms with E-state index < -0.39 is 17.7 Å². The van der Waals surface area contributed by atoms with Crippen LogP contribution in [0.2, 0.25) is 0 Å². The molecule has 2 aromatic rings. The Morgan fingerprint density at radius 3 is 2.41 bits per heavy atom. The lowest BCUT2D eigenvalue weighted by molar-refractivity contribution is -0.140. The van der Waals surface area contributed by atoms with Gasteiger partial charge in [0.05, 0.1) is 18.7 Å². The second-order valence-corrected chi connectivity index (χ2v) is 6.95. The first-order valence-electron chi connectivity index (χ1n) is 9.47. The lowest BCUT2D eigenvalue weighted by Gasteiger charge is -2.26. The Labute approximate surface area is 170 Å². The Hall–Kier alpha value is -3.12. The molecule has 6 nitrogen and oxygen atoms in total. The van der Waals surface area contributed by atoms with Crippen LogP contribution in [-0.4, -0.2) is 49.1 Å². The smallest absolute Gasteiger partial charge is 0.295 e. The second-order valence-electron chi connectivity index (χ2n) is 6.95. The average molecular weight is 395 g/mol. The number of nitrogens with zero attached hydrogens (tertiary/aromatic N) is 1. The Morgan fingerprint density at radius 2 is 1.76 bits per heavy atom. The first kappa shape index (κ1) is 20.6. The van der Waals surface area contributed by atoms with Crippen LogP contribution < -0.4 is 4.74 Å². The minimum Gasteiger partial charge on any atom is -0.507 e. The summed E-state index contributed by atoms with van der Waals surface area (Å²) in [4.78, 5) is 27.3. The highest BCUT2D eigenvalue weighted by Gasteiger charge is 2.46. The summed E-state index contributed by atoms with van der Waals surface area (Å²) in [6.45, 7) is 2.72. The number of ether oxygens (including phenoxy) is 2. The SMILES string of the molecule is COCCCN1C(=O)C(=O)C(=C(O)c2ccc(C)cc2)[C@H]1c1ccccc1OC. The third-order valence-electron chi connectivity index (χ3n) is 5.05. The predicted octanol–water partition coefficient (Wildman–Crippen LogP) is 3.46. The molecule has 0 aliphatic carbocycles. The summed E-state index contributed by atoms with van der Waals surface area (Å²) < 4.78 is 10.6. The first-order chi connectivity index (χ1) is 14.0. The summed E-state index contributed by atoms with van der Waals surface area (Å²) in [5.74, 6) is -0.971. The quantitative estimate of drug-likeness (QED) is 0.336. The summed E-state index contributed by atoms with van der Waals surface area (Å²) in [5.41, 5.74) is 2.24. The number of carbonyl (C=O) groups excluding carboxylic acids is 2. The van der Waals surface area contributed by atoms with Crippen LogP contribution in [0.1, 0.15) is 29.2 Å². The molecule has 1 N–H and O–H groups in total. The molecule has 0 aromatic heterocycles. The number of aliphatic hydroxyl groups excluding tert-OH is 1. The molecule has 6 heteroatoms. The molecule has 3 rings (SSSR count). The average Bonchev–Trinajstić information content (AvgIpc) is 2.98. The standard InChI is InChI=1S/C23H25NO5/c1-15-9-11-16(12-10-15)21(25)19-20(17-7-4-5-8-18(17)29-3)24(13-6-14-28-2)23(27)22(19)26/h4-5,7-12,20,25H,6,13-14H2,1-3H3/t20-/m1/s1. The highest BCUT2D eigenvalue weighted by molar-refractivity contribution is 6.46. The fraction of sp³-hybridized carbons (Fsp3) is 0.304. The number of aliphatic hydroxyl groups is 1. The normalized spacial score (nSPS) is 18.3. The first-order valence-corrected chi connectivity index (χ1v) is 9.47. The van der Waals surface area contributed by atoms with E-state index in [0.717, 1.165) is 5.56 Å². The number of hydrogen-bond donors (Lipinski definition) is 1. The van der Waals surface area contributed by atoms with Crippen LogP contribution in [0.15, 0.2) is 54.1 Å². The number of rotatable bonds is 7. The van der Waals surface area contributed by atoms with Crippen molar-refractivity contribution in [2.45, 2.75) is 19.4 Å². The molecule has 1 aliphatic heterocycles. The van der Waals surface area contributed by atoms with Gasteiger partial charge in [-0.1, -0.05) is 48.0 Å². The van der Waals surface area contributed by atoms with Gasteiger partial charge in [-0.3, -0.25) is 9.59 Å². The number of hydrogen-bond acceptors (Lipinski definition) is 5. The van der Waals surface area contributed by atoms with E-state index in [4.69, 9.17) is 9.47 Å². The summed E-state index contributed by atoms with van der Waals surface area (Å²) in [6.07, 6.45) is 0.569. The van der Waals surface area contributed by atoms with Crippen LogP contribution >= 0.6 is 0 Å². The number of amides is 1. The van der Waals surface area contributed by atoms with Crippen LogP contribution in [0, 0.1) is 6.92 Å². The second kappa shape index (κ2) is 8.92. The number of para-hydroxylation sites is 1. The number of carbonyl (C=O) groups is 2. The fourth-order valence-electron chi connectivity index (χ4n) is 3.57. The van der Waals surface area contributed by atoms with E-state index in [1.54, 1.807) is 31.4 Å². The molecular weight excluding hydrogens is 370 g/mol. The molecule has 0 saturated carbocycles. The van der Waals surface area contributed by atoms with Gasteiger partial charge >= 0.3 is 0 Å². The Morgan fingerprint density at radius 1 is 1.07 bits per heavy atom. The van der Waals surface area contributed by atoms with Gasteiger partial charge in [-0.2, -0.15) is 0 Å². The molecule has 1 aliphatic rings. The van der Waals surface area contributed by atoms with Crippen molar-refractivity contribution >= 4 is 17.4 Å². The molecular formula is C23H25NO5. The molecule has 0 radical (unpaired) electrons. The highest BCUT2D eigenvalue weighted by atomic mass is 16.5. The largest absolute Gasteiger partial charge is 0.507 e. The van der Waals surface area contributed by atoms with Crippen molar-refractivity contribution in [1.29, 1.82) is 0 Å². The number of Topliss-reactive ketones (excluding diaryl/α,β-unsaturated/α-hetero) is 1. The summed E-state index contributed by atoms with van der Waals surface area (Å²) in [5, 5.41) is 11.0. The van der Waals surface area contributed by atoms with Crippen molar-refractivity contribution in [2.75, 3.05) is 27.4 Å². The Bertz CT molecular complexity index is 933. The predicted molar refractivity (Wildman–Crippen MR) is 110 cm³/mol. The maximum Gasteiger partial charge on any atom is 0.295 e. The van der Waals surface area contributed by atoms with E-state index in [2.05, 4.69) is 0 Å². The number of methoxy groups -OCH3 is 2. The van der Waals surface area contributed by atoms with Gasteiger partial charge in [0.2, 0.25) is 0 Å². The molecule has 0 bridgehead atoms. The van der Waals surface area contributed by atoms with Crippen LogP contribution in [0.3, 0.4) is 0 Å². The van der Waals surface area contributed by atoms with Gasteiger partial charge in [0, 0.05) is 31.4 Å². The Balaban J connectivity index is 2.16. The van der Waals surface area contributed by atoms with Gasteiger partial charge in [0.1, 0.15) is 11.5 Å². The number of benzene rings is 2. The van der Waals surface area contributed by atoms with Crippen LogP contribution in [0.5, 0.6) is 5.75 Å². The van der Waals surface area contributed by atoms with Crippen molar-refractivity contribution in [3.63, 3.8) is 0 Å². The van der Waals surface area contributed by atoms with E-state index in [1.807, 2.05) is 31.2 Å². The monoisotopic (exact) mass is 395 g/mol. The fourth-order valence-corrected chi connectivity index (χ4v) is 3.57. The van der Waals surface area contributed by atoms with Crippen LogP contribution in [0.25, 0.3) is 5.76 Å². The van der Waals surface area contributed by atoms with E-state index in [0.29, 0.717) is 36.4 Å². The lowest BCUT2D eigenvalue weighted by atomic mass is 9.94. The zero-order valence-corrected chi connectivity index (χ0v) is 16.8. The van der Waals surface area contributed by atoms with Crippen LogP contribution in [-0.2, 0) is 14.3 Å². The minimum absolute atomic E-state index is 0.0702. The number of likely N-dealkylation sites (tertiary alicyclic amines) is 1. The number of ketones is 1. The topological polar surface area (TPSA) is 76.1 Å². The molecule has 1 saturated heterocycles. The summed E-state index contributed by atoms with van der Waals surface area (Å²) >= 11 is 0. The zero-order valence-electron chi connectivity index (χ0n) is 16.8. The van der Waals surface area contributed by atoms with Gasteiger partial charge in [0.25, 0.3) is 11.7 Å². The third-order valence-corrected chi connectivity index (χ3v) is 5.05. The maximum atomic E-state index is 12.9. The van der Waals surface area contributed by atoms with E-state index in [1.165, 1.54) is 12.0 Å². The molecule has 2 aromatic carbocycles. The van der Waals surface area contributed by atoms with Crippen LogP contribution in [0.4, 0.5) is 0 Å². The Kier molecular flexibility index (Phi) is 6.34. The van der Waals surface area contributed by atoms with Crippen molar-refractivity contribution in [1.82, 2.24) is 4.90 Å². The molecule has 1 fully saturated rings. The molecule has 0 spiro atoms. The van der Waals surface area contributed by atoms with Gasteiger partial charge < -0.3 is 19.5 Å². The highest BCUT2D eigenvalue weighted by Crippen LogP contribution is 2.42. The molecule has 1 atom stereocenters. The van der Waals surface area contributed by atoms with E-state index >= 15 is 0 Å². The number of aryl methyl sites for hydroxylation is 1. The van der Waals surface area contributed by atoms with Crippen molar-refractivity contribution < 1.29 is 24.2 Å². The van der Waals surface area contributed by atoms with Gasteiger partial charge in [-0.05, 0) is 19.4 Å². The molecule has 152 valence electrons. The molecule has 1 amide bonds. The minimum atomic E-state index is -0.732. The third kappa shape index (κ3) is 4.03. The summed E-state index contributed by atoms with van der Waals surface area (Å²) in [7, 11) is 3.12. The van der Waals surface area contributed by atoms with Gasteiger partial charge in [-0.25, -0.2) is 0 Å². The zero-order chi connectivity index (χ0) is 21.0. The summed E-state index contributed by atoms with van der Waals surface area (Å²) in [6, 6.07) is 13.7. The lowest BCUT2D eigenvalue weighted by Crippen LogP contribution is -2.31. The van der Waals surface area contributed by atoms with Crippen molar-refractivity contribution in [3.05, 3.63) is 70.8 Å². The molecule has 1 heterocycles. The molecule has 29 heavy (non-hydrogen) atoms.